The fourth-order valence-corrected chi connectivity index (χ4v) is 1.92. The van der Waals surface area contributed by atoms with Gasteiger partial charge in [-0.1, -0.05) is 25.1 Å². The van der Waals surface area contributed by atoms with Gasteiger partial charge in [-0.3, -0.25) is 4.98 Å². The maximum atomic E-state index is 10.4. The predicted octanol–water partition coefficient (Wildman–Crippen LogP) is 2.93. The first-order valence-electron chi connectivity index (χ1n) is 5.95. The molecule has 0 aliphatic carbocycles. The van der Waals surface area contributed by atoms with Gasteiger partial charge in [-0.05, 0) is 29.8 Å². The molecule has 0 spiro atoms. The minimum Gasteiger partial charge on any atom is -0.497 e. The molecule has 2 aromatic rings. The summed E-state index contributed by atoms with van der Waals surface area (Å²) in [7, 11) is 1.62. The molecule has 3 heteroatoms. The lowest BCUT2D eigenvalue weighted by atomic mass is 9.94. The molecule has 0 saturated carbocycles. The molecule has 2 rings (SSSR count). The van der Waals surface area contributed by atoms with Crippen LogP contribution in [0.1, 0.15) is 30.2 Å². The summed E-state index contributed by atoms with van der Waals surface area (Å²) in [4.78, 5) is 4.28. The molecule has 1 N–H and O–H groups in total. The highest BCUT2D eigenvalue weighted by Gasteiger charge is 2.19. The van der Waals surface area contributed by atoms with Crippen molar-refractivity contribution in [2.24, 2.45) is 0 Å². The van der Waals surface area contributed by atoms with Gasteiger partial charge in [-0.25, -0.2) is 0 Å². The van der Waals surface area contributed by atoms with Crippen molar-refractivity contribution in [2.75, 3.05) is 7.11 Å². The van der Waals surface area contributed by atoms with Gasteiger partial charge in [0.2, 0.25) is 0 Å². The standard InChI is InChI=1S/C15H17NO2/c1-11(14-8-3-4-9-16-14)15(17)12-6-5-7-13(10-12)18-2/h3-11,15,17H,1-2H3. The van der Waals surface area contributed by atoms with Crippen LogP contribution in [0.5, 0.6) is 5.75 Å². The van der Waals surface area contributed by atoms with Crippen LogP contribution < -0.4 is 4.74 Å². The van der Waals surface area contributed by atoms with E-state index in [9.17, 15) is 5.11 Å². The average Bonchev–Trinajstić information content (AvgIpc) is 2.46. The Hall–Kier alpha value is -1.87. The molecule has 3 nitrogen and oxygen atoms in total. The largest absolute Gasteiger partial charge is 0.497 e. The summed E-state index contributed by atoms with van der Waals surface area (Å²) >= 11 is 0. The number of aromatic nitrogens is 1. The number of ether oxygens (including phenoxy) is 1. The van der Waals surface area contributed by atoms with Crippen molar-refractivity contribution >= 4 is 0 Å². The quantitative estimate of drug-likeness (QED) is 0.897. The number of hydrogen-bond donors (Lipinski definition) is 1. The van der Waals surface area contributed by atoms with E-state index in [-0.39, 0.29) is 5.92 Å². The Labute approximate surface area is 107 Å². The first-order chi connectivity index (χ1) is 8.72. The van der Waals surface area contributed by atoms with Gasteiger partial charge in [0.15, 0.2) is 0 Å². The smallest absolute Gasteiger partial charge is 0.119 e. The van der Waals surface area contributed by atoms with Crippen LogP contribution in [0.15, 0.2) is 48.7 Å². The minimum absolute atomic E-state index is 0.0571. The first kappa shape index (κ1) is 12.6. The average molecular weight is 243 g/mol. The molecule has 0 amide bonds. The molecule has 18 heavy (non-hydrogen) atoms. The van der Waals surface area contributed by atoms with Crippen LogP contribution in [0.4, 0.5) is 0 Å². The first-order valence-corrected chi connectivity index (χ1v) is 5.95. The molecule has 0 saturated heterocycles. The fraction of sp³-hybridized carbons (Fsp3) is 0.267. The van der Waals surface area contributed by atoms with Crippen LogP contribution in [-0.2, 0) is 0 Å². The molecule has 0 aliphatic rings. The van der Waals surface area contributed by atoms with Crippen LogP contribution in [0.25, 0.3) is 0 Å². The molecule has 0 radical (unpaired) electrons. The SMILES string of the molecule is COc1cccc(C(O)C(C)c2ccccn2)c1. The molecule has 2 atom stereocenters. The summed E-state index contributed by atoms with van der Waals surface area (Å²) in [6.07, 6.45) is 1.15. The van der Waals surface area contributed by atoms with Gasteiger partial charge < -0.3 is 9.84 Å². The van der Waals surface area contributed by atoms with Crippen LogP contribution >= 0.6 is 0 Å². The Bertz CT molecular complexity index is 499. The highest BCUT2D eigenvalue weighted by atomic mass is 16.5. The Morgan fingerprint density at radius 1 is 1.17 bits per heavy atom. The van der Waals surface area contributed by atoms with Crippen LogP contribution in [0.3, 0.4) is 0 Å². The third kappa shape index (κ3) is 2.68. The Balaban J connectivity index is 2.22. The van der Waals surface area contributed by atoms with Gasteiger partial charge in [-0.2, -0.15) is 0 Å². The Morgan fingerprint density at radius 2 is 2.00 bits per heavy atom. The zero-order valence-corrected chi connectivity index (χ0v) is 10.6. The predicted molar refractivity (Wildman–Crippen MR) is 70.6 cm³/mol. The maximum absolute atomic E-state index is 10.4. The van der Waals surface area contributed by atoms with E-state index in [1.54, 1.807) is 13.3 Å². The van der Waals surface area contributed by atoms with Gasteiger partial charge in [0.25, 0.3) is 0 Å². The molecule has 1 heterocycles. The summed E-state index contributed by atoms with van der Waals surface area (Å²) in [5, 5.41) is 10.4. The lowest BCUT2D eigenvalue weighted by Crippen LogP contribution is -2.09. The van der Waals surface area contributed by atoms with E-state index in [1.165, 1.54) is 0 Å². The Kier molecular flexibility index (Phi) is 3.95. The number of aliphatic hydroxyl groups is 1. The highest BCUT2D eigenvalue weighted by molar-refractivity contribution is 5.31. The third-order valence-corrected chi connectivity index (χ3v) is 3.06. The van der Waals surface area contributed by atoms with Crippen molar-refractivity contribution in [2.45, 2.75) is 18.9 Å². The fourth-order valence-electron chi connectivity index (χ4n) is 1.92. The summed E-state index contributed by atoms with van der Waals surface area (Å²) in [6, 6.07) is 13.2. The zero-order chi connectivity index (χ0) is 13.0. The molecule has 1 aromatic heterocycles. The second-order valence-electron chi connectivity index (χ2n) is 4.26. The summed E-state index contributed by atoms with van der Waals surface area (Å²) < 4.78 is 5.16. The van der Waals surface area contributed by atoms with Crippen molar-refractivity contribution in [3.8, 4) is 5.75 Å². The van der Waals surface area contributed by atoms with Gasteiger partial charge in [0.05, 0.1) is 13.2 Å². The topological polar surface area (TPSA) is 42.4 Å². The zero-order valence-electron chi connectivity index (χ0n) is 10.6. The van der Waals surface area contributed by atoms with Crippen molar-refractivity contribution in [1.82, 2.24) is 4.98 Å². The number of benzene rings is 1. The monoisotopic (exact) mass is 243 g/mol. The third-order valence-electron chi connectivity index (χ3n) is 3.06. The number of pyridine rings is 1. The summed E-state index contributed by atoms with van der Waals surface area (Å²) in [5.74, 6) is 0.693. The number of nitrogens with zero attached hydrogens (tertiary/aromatic N) is 1. The molecule has 0 fully saturated rings. The van der Waals surface area contributed by atoms with E-state index in [2.05, 4.69) is 4.98 Å². The van der Waals surface area contributed by atoms with Gasteiger partial charge in [0.1, 0.15) is 5.75 Å². The molecular formula is C15H17NO2. The van der Waals surface area contributed by atoms with Crippen LogP contribution in [0.2, 0.25) is 0 Å². The molecule has 0 bridgehead atoms. The van der Waals surface area contributed by atoms with Gasteiger partial charge >= 0.3 is 0 Å². The van der Waals surface area contributed by atoms with Crippen molar-refractivity contribution in [3.63, 3.8) is 0 Å². The van der Waals surface area contributed by atoms with Crippen molar-refractivity contribution in [1.29, 1.82) is 0 Å². The van der Waals surface area contributed by atoms with E-state index < -0.39 is 6.10 Å². The summed E-state index contributed by atoms with van der Waals surface area (Å²) in [6.45, 7) is 1.96. The number of rotatable bonds is 4. The van der Waals surface area contributed by atoms with Crippen molar-refractivity contribution < 1.29 is 9.84 Å². The number of hydrogen-bond acceptors (Lipinski definition) is 3. The molecule has 0 aliphatic heterocycles. The minimum atomic E-state index is -0.588. The van der Waals surface area contributed by atoms with E-state index in [0.717, 1.165) is 17.0 Å². The Morgan fingerprint density at radius 3 is 2.67 bits per heavy atom. The molecule has 1 aromatic carbocycles. The second kappa shape index (κ2) is 5.65. The van der Waals surface area contributed by atoms with Gasteiger partial charge in [-0.15, -0.1) is 0 Å². The lowest BCUT2D eigenvalue weighted by molar-refractivity contribution is 0.149. The van der Waals surface area contributed by atoms with E-state index in [4.69, 9.17) is 4.74 Å². The number of methoxy groups -OCH3 is 1. The van der Waals surface area contributed by atoms with E-state index >= 15 is 0 Å². The summed E-state index contributed by atoms with van der Waals surface area (Å²) in [5.41, 5.74) is 1.72. The molecular weight excluding hydrogens is 226 g/mol. The van der Waals surface area contributed by atoms with E-state index in [1.807, 2.05) is 49.4 Å². The highest BCUT2D eigenvalue weighted by Crippen LogP contribution is 2.30. The molecule has 2 unspecified atom stereocenters. The number of aliphatic hydroxyl groups excluding tert-OH is 1. The second-order valence-corrected chi connectivity index (χ2v) is 4.26. The lowest BCUT2D eigenvalue weighted by Gasteiger charge is -2.19. The van der Waals surface area contributed by atoms with Crippen LogP contribution in [0, 0.1) is 0 Å². The van der Waals surface area contributed by atoms with E-state index in [0.29, 0.717) is 0 Å². The van der Waals surface area contributed by atoms with Crippen LogP contribution in [-0.4, -0.2) is 17.2 Å². The van der Waals surface area contributed by atoms with Crippen molar-refractivity contribution in [3.05, 3.63) is 59.9 Å². The normalized spacial score (nSPS) is 13.9. The van der Waals surface area contributed by atoms with Gasteiger partial charge in [0, 0.05) is 17.8 Å². The molecule has 94 valence electrons. The maximum Gasteiger partial charge on any atom is 0.119 e.